The average Bonchev–Trinajstić information content (AvgIpc) is 2.41. The lowest BCUT2D eigenvalue weighted by Gasteiger charge is -2.29. The van der Waals surface area contributed by atoms with E-state index in [0.717, 1.165) is 23.4 Å². The topological polar surface area (TPSA) is 41.1 Å². The molecule has 106 valence electrons. The van der Waals surface area contributed by atoms with E-state index in [1.165, 1.54) is 32.4 Å². The molecule has 4 nitrogen and oxygen atoms in total. The van der Waals surface area contributed by atoms with Gasteiger partial charge in [0.05, 0.1) is 4.47 Å². The Kier molecular flexibility index (Phi) is 5.85. The Morgan fingerprint density at radius 3 is 2.89 bits per heavy atom. The molecule has 0 aromatic carbocycles. The van der Waals surface area contributed by atoms with Crippen molar-refractivity contribution in [3.05, 3.63) is 16.0 Å². The van der Waals surface area contributed by atoms with Gasteiger partial charge in [-0.3, -0.25) is 0 Å². The molecule has 1 aromatic rings. The van der Waals surface area contributed by atoms with E-state index in [1.54, 1.807) is 6.20 Å². The Morgan fingerprint density at radius 1 is 1.42 bits per heavy atom. The van der Waals surface area contributed by atoms with E-state index >= 15 is 0 Å². The maximum atomic E-state index is 5.80. The van der Waals surface area contributed by atoms with Crippen LogP contribution >= 0.6 is 27.5 Å². The van der Waals surface area contributed by atoms with E-state index in [9.17, 15) is 0 Å². The van der Waals surface area contributed by atoms with Gasteiger partial charge in [0.15, 0.2) is 0 Å². The van der Waals surface area contributed by atoms with Crippen LogP contribution in [-0.2, 0) is 0 Å². The van der Waals surface area contributed by atoms with Gasteiger partial charge >= 0.3 is 0 Å². The van der Waals surface area contributed by atoms with Crippen LogP contribution in [0.1, 0.15) is 26.2 Å². The van der Waals surface area contributed by atoms with Crippen LogP contribution < -0.4 is 5.32 Å². The van der Waals surface area contributed by atoms with Crippen molar-refractivity contribution in [2.45, 2.75) is 26.2 Å². The maximum Gasteiger partial charge on any atom is 0.224 e. The molecule has 1 N–H and O–H groups in total. The van der Waals surface area contributed by atoms with Crippen molar-refractivity contribution in [2.24, 2.45) is 5.92 Å². The first-order valence-electron chi connectivity index (χ1n) is 6.79. The molecule has 0 spiro atoms. The quantitative estimate of drug-likeness (QED) is 0.829. The monoisotopic (exact) mass is 346 g/mol. The minimum atomic E-state index is 0.273. The number of nitrogens with one attached hydrogen (secondary N) is 1. The van der Waals surface area contributed by atoms with E-state index in [4.69, 9.17) is 11.6 Å². The standard InChI is InChI=1S/C13H20BrClN4/c1-10(9-19-5-3-2-4-6-19)7-16-12-11(14)8-17-13(15)18-12/h8,10H,2-7,9H2,1H3,(H,16,17,18). The van der Waals surface area contributed by atoms with Crippen LogP contribution in [0.3, 0.4) is 0 Å². The Bertz CT molecular complexity index is 410. The summed E-state index contributed by atoms with van der Waals surface area (Å²) in [6.45, 7) is 6.78. The van der Waals surface area contributed by atoms with Crippen LogP contribution in [0.15, 0.2) is 10.7 Å². The number of rotatable bonds is 5. The van der Waals surface area contributed by atoms with Crippen molar-refractivity contribution < 1.29 is 0 Å². The number of aromatic nitrogens is 2. The summed E-state index contributed by atoms with van der Waals surface area (Å²) in [5.74, 6) is 1.35. The summed E-state index contributed by atoms with van der Waals surface area (Å²) in [4.78, 5) is 10.6. The van der Waals surface area contributed by atoms with Gasteiger partial charge in [-0.1, -0.05) is 13.3 Å². The smallest absolute Gasteiger partial charge is 0.224 e. The zero-order chi connectivity index (χ0) is 13.7. The minimum absolute atomic E-state index is 0.273. The van der Waals surface area contributed by atoms with Crippen LogP contribution in [0.2, 0.25) is 5.28 Å². The summed E-state index contributed by atoms with van der Waals surface area (Å²) in [5.41, 5.74) is 0. The molecule has 19 heavy (non-hydrogen) atoms. The van der Waals surface area contributed by atoms with Gasteiger partial charge in [-0.2, -0.15) is 4.98 Å². The lowest BCUT2D eigenvalue weighted by Crippen LogP contribution is -2.35. The molecule has 6 heteroatoms. The Balaban J connectivity index is 1.79. The number of hydrogen-bond donors (Lipinski definition) is 1. The van der Waals surface area contributed by atoms with Crippen LogP contribution in [0, 0.1) is 5.92 Å². The molecule has 1 fully saturated rings. The predicted octanol–water partition coefficient (Wildman–Crippen LogP) is 3.43. The number of hydrogen-bond acceptors (Lipinski definition) is 4. The number of likely N-dealkylation sites (tertiary alicyclic amines) is 1. The van der Waals surface area contributed by atoms with Crippen molar-refractivity contribution in [3.63, 3.8) is 0 Å². The van der Waals surface area contributed by atoms with Gasteiger partial charge in [-0.25, -0.2) is 4.98 Å². The third-order valence-corrected chi connectivity index (χ3v) is 4.11. The van der Waals surface area contributed by atoms with Crippen molar-refractivity contribution in [2.75, 3.05) is 31.5 Å². The van der Waals surface area contributed by atoms with E-state index in [2.05, 4.69) is 43.0 Å². The Labute approximate surface area is 128 Å². The van der Waals surface area contributed by atoms with Crippen molar-refractivity contribution in [3.8, 4) is 0 Å². The highest BCUT2D eigenvalue weighted by Gasteiger charge is 2.14. The van der Waals surface area contributed by atoms with Crippen molar-refractivity contribution in [1.82, 2.24) is 14.9 Å². The highest BCUT2D eigenvalue weighted by atomic mass is 79.9. The van der Waals surface area contributed by atoms with Crippen molar-refractivity contribution in [1.29, 1.82) is 0 Å². The second-order valence-electron chi connectivity index (χ2n) is 5.18. The van der Waals surface area contributed by atoms with E-state index in [-0.39, 0.29) is 5.28 Å². The molecule has 0 radical (unpaired) electrons. The molecular weight excluding hydrogens is 328 g/mol. The molecular formula is C13H20BrClN4. The van der Waals surface area contributed by atoms with Gasteiger partial charge in [-0.05, 0) is 59.4 Å². The minimum Gasteiger partial charge on any atom is -0.369 e. The first-order chi connectivity index (χ1) is 9.15. The summed E-state index contributed by atoms with van der Waals surface area (Å²) >= 11 is 9.22. The fourth-order valence-corrected chi connectivity index (χ4v) is 2.85. The largest absolute Gasteiger partial charge is 0.369 e. The molecule has 2 heterocycles. The van der Waals surface area contributed by atoms with E-state index in [1.807, 2.05) is 0 Å². The molecule has 1 aliphatic heterocycles. The fraction of sp³-hybridized carbons (Fsp3) is 0.692. The average molecular weight is 348 g/mol. The molecule has 1 aromatic heterocycles. The van der Waals surface area contributed by atoms with E-state index < -0.39 is 0 Å². The van der Waals surface area contributed by atoms with Crippen LogP contribution in [0.4, 0.5) is 5.82 Å². The number of halogens is 2. The lowest BCUT2D eigenvalue weighted by molar-refractivity contribution is 0.204. The number of piperidine rings is 1. The summed E-state index contributed by atoms with van der Waals surface area (Å²) in [7, 11) is 0. The van der Waals surface area contributed by atoms with Crippen LogP contribution in [0.5, 0.6) is 0 Å². The zero-order valence-electron chi connectivity index (χ0n) is 11.2. The maximum absolute atomic E-state index is 5.80. The Hall–Kier alpha value is -0.390. The van der Waals surface area contributed by atoms with Crippen LogP contribution in [-0.4, -0.2) is 41.0 Å². The first kappa shape index (κ1) is 15.0. The van der Waals surface area contributed by atoms with E-state index in [0.29, 0.717) is 5.92 Å². The molecule has 0 amide bonds. The van der Waals surface area contributed by atoms with Gasteiger partial charge in [0.25, 0.3) is 0 Å². The molecule has 1 aliphatic rings. The van der Waals surface area contributed by atoms with Crippen LogP contribution in [0.25, 0.3) is 0 Å². The number of nitrogens with zero attached hydrogens (tertiary/aromatic N) is 3. The Morgan fingerprint density at radius 2 is 2.16 bits per heavy atom. The third kappa shape index (κ3) is 4.89. The third-order valence-electron chi connectivity index (χ3n) is 3.35. The molecule has 0 aliphatic carbocycles. The second-order valence-corrected chi connectivity index (χ2v) is 6.38. The molecule has 1 unspecified atom stereocenters. The first-order valence-corrected chi connectivity index (χ1v) is 7.96. The van der Waals surface area contributed by atoms with Gasteiger partial charge in [0.1, 0.15) is 5.82 Å². The summed E-state index contributed by atoms with van der Waals surface area (Å²) in [6.07, 6.45) is 5.74. The normalized spacial score (nSPS) is 18.3. The highest BCUT2D eigenvalue weighted by molar-refractivity contribution is 9.10. The lowest BCUT2D eigenvalue weighted by atomic mass is 10.1. The fourth-order valence-electron chi connectivity index (χ4n) is 2.39. The van der Waals surface area contributed by atoms with Gasteiger partial charge in [0.2, 0.25) is 5.28 Å². The highest BCUT2D eigenvalue weighted by Crippen LogP contribution is 2.20. The molecule has 0 saturated carbocycles. The van der Waals surface area contributed by atoms with Gasteiger partial charge in [-0.15, -0.1) is 0 Å². The van der Waals surface area contributed by atoms with Gasteiger partial charge in [0, 0.05) is 19.3 Å². The summed E-state index contributed by atoms with van der Waals surface area (Å²) in [6, 6.07) is 0. The summed E-state index contributed by atoms with van der Waals surface area (Å²) in [5, 5.41) is 3.61. The molecule has 0 bridgehead atoms. The zero-order valence-corrected chi connectivity index (χ0v) is 13.5. The summed E-state index contributed by atoms with van der Waals surface area (Å²) < 4.78 is 0.849. The molecule has 2 rings (SSSR count). The SMILES string of the molecule is CC(CNc1nc(Cl)ncc1Br)CN1CCCCC1. The predicted molar refractivity (Wildman–Crippen MR) is 82.7 cm³/mol. The van der Waals surface area contributed by atoms with Gasteiger partial charge < -0.3 is 10.2 Å². The molecule has 1 atom stereocenters. The van der Waals surface area contributed by atoms with Crippen molar-refractivity contribution >= 4 is 33.3 Å². The second kappa shape index (κ2) is 7.41. The molecule has 1 saturated heterocycles. The number of anilines is 1.